The molecule has 8 N–H and O–H groups in total. The molecule has 3 heterocycles. The zero-order chi connectivity index (χ0) is 52.1. The lowest BCUT2D eigenvalue weighted by atomic mass is 9.75. The molecule has 0 bridgehead atoms. The fourth-order valence-corrected chi connectivity index (χ4v) is 14.7. The van der Waals surface area contributed by atoms with E-state index in [0.717, 1.165) is 0 Å². The molecule has 7 rings (SSSR count). The van der Waals surface area contributed by atoms with E-state index in [-0.39, 0.29) is 193 Å². The van der Waals surface area contributed by atoms with Crippen molar-refractivity contribution in [3.63, 3.8) is 0 Å². The molecule has 0 spiro atoms. The van der Waals surface area contributed by atoms with E-state index in [0.29, 0.717) is 74.0 Å². The molecule has 2 aliphatic carbocycles. The fraction of sp³-hybridized carbons (Fsp3) is 0.623. The third-order valence-corrected chi connectivity index (χ3v) is 18.2. The van der Waals surface area contributed by atoms with Crippen LogP contribution in [0.3, 0.4) is 0 Å². The quantitative estimate of drug-likeness (QED) is 0.117. The van der Waals surface area contributed by atoms with Crippen LogP contribution >= 0.6 is 158 Å². The van der Waals surface area contributed by atoms with Crippen molar-refractivity contribution in [2.75, 3.05) is 25.6 Å². The second kappa shape index (κ2) is 38.7. The standard InChI is InChI=1S/C53H75N9O8S2.10H2S/c1-29(54-7)45(64)58-35-23-25-71-37-27-52(3,4)40(39(37)43(35)63)47(66)60-41(31-15-11-9-12-16-31)48(67)56-33-19-21-34(22-20-33)57-49(68)42(32-17-13-10-14-18-32)61-50(69)44-53(5,6)28-38-62(44)51(70)36(24-26-72-38)59-46(65)30(2)55-8;;;;;;;;;;/h9-18,29-30,33-42,44,54-55H,19-28H2,1-8H3,(H,56,67)(H,57,68)(H,58,64)(H,59,65)(H,60,66)(H,61,69);10*1H2/t29-,30-,33?,34?,35-,36-,37-,38-,39?,40+,41-,42-,44+;;;;;;;;;;/m0........../s1. The van der Waals surface area contributed by atoms with E-state index in [4.69, 9.17) is 0 Å². The predicted molar refractivity (Wildman–Crippen MR) is 383 cm³/mol. The summed E-state index contributed by atoms with van der Waals surface area (Å²) in [5.74, 6) is -2.73. The second-order valence-electron chi connectivity index (χ2n) is 21.7. The fourth-order valence-electron chi connectivity index (χ4n) is 11.4. The normalized spacial score (nSPS) is 25.8. The third-order valence-electron chi connectivity index (χ3n) is 15.6. The summed E-state index contributed by atoms with van der Waals surface area (Å²) in [5, 5.41) is 23.7. The Bertz CT molecular complexity index is 2190. The SMILES string of the molecule is CN[C@@H](C)C(=O)N[C@H]1CCS[C@H]2CC(C)(C)[C@@H](C(=O)N[C@H](C(=O)NC3CCC(NC(=O)[C@@H](NC(=O)[C@H]4N5C(=O)[C@@H](NC(=O)[C@H](C)NC)CCS[C@H]5CC4(C)C)c4ccccc4)CC3)c3ccccc3)C2C1=O.S.S.S.S.S.S.S.S.S.S. The number of ketones is 1. The van der Waals surface area contributed by atoms with E-state index in [1.54, 1.807) is 92.8 Å². The minimum atomic E-state index is -1.07. The molecule has 0 aromatic heterocycles. The average Bonchev–Trinajstić information content (AvgIpc) is 3.68. The summed E-state index contributed by atoms with van der Waals surface area (Å²) in [7, 11) is 3.36. The smallest absolute Gasteiger partial charge is 0.247 e. The van der Waals surface area contributed by atoms with Gasteiger partial charge in [-0.15, -0.1) is 11.8 Å². The first kappa shape index (κ1) is 87.0. The molecule has 1 unspecified atom stereocenters. The van der Waals surface area contributed by atoms with E-state index in [1.807, 2.05) is 52.0 Å². The number of thioether (sulfide) groups is 2. The van der Waals surface area contributed by atoms with Gasteiger partial charge in [0.05, 0.1) is 29.4 Å². The van der Waals surface area contributed by atoms with Crippen molar-refractivity contribution < 1.29 is 38.4 Å². The van der Waals surface area contributed by atoms with Crippen molar-refractivity contribution in [3.05, 3.63) is 71.8 Å². The number of carbonyl (C=O) groups excluding carboxylic acids is 8. The first-order valence-electron chi connectivity index (χ1n) is 25.6. The van der Waals surface area contributed by atoms with Crippen molar-refractivity contribution in [3.8, 4) is 0 Å². The Morgan fingerprint density at radius 3 is 1.39 bits per heavy atom. The van der Waals surface area contributed by atoms with Crippen molar-refractivity contribution in [2.24, 2.45) is 22.7 Å². The van der Waals surface area contributed by atoms with Crippen LogP contribution in [-0.2, 0) is 38.4 Å². The van der Waals surface area contributed by atoms with Gasteiger partial charge in [0.2, 0.25) is 41.4 Å². The van der Waals surface area contributed by atoms with Crippen LogP contribution in [0.1, 0.15) is 116 Å². The molecular formula is C53H95N9O8S12. The summed E-state index contributed by atoms with van der Waals surface area (Å²) >= 11 is 3.27. The molecule has 0 radical (unpaired) electrons. The predicted octanol–water partition coefficient (Wildman–Crippen LogP) is 4.39. The van der Waals surface area contributed by atoms with Gasteiger partial charge in [-0.2, -0.15) is 147 Å². The molecule has 7 amide bonds. The van der Waals surface area contributed by atoms with Crippen LogP contribution in [0.2, 0.25) is 0 Å². The van der Waals surface area contributed by atoms with Gasteiger partial charge in [0.15, 0.2) is 5.78 Å². The van der Waals surface area contributed by atoms with Gasteiger partial charge in [0.25, 0.3) is 0 Å². The zero-order valence-corrected chi connectivity index (χ0v) is 59.5. The minimum Gasteiger partial charge on any atom is -0.351 e. The van der Waals surface area contributed by atoms with Gasteiger partial charge in [-0.05, 0) is 113 Å². The molecule has 5 aliphatic rings. The summed E-state index contributed by atoms with van der Waals surface area (Å²) < 4.78 is 0. The molecule has 82 heavy (non-hydrogen) atoms. The maximum atomic E-state index is 14.6. The molecule has 2 aromatic rings. The van der Waals surface area contributed by atoms with Gasteiger partial charge in [0, 0.05) is 23.3 Å². The molecular weight excluding hydrogens is 1280 g/mol. The average molecular weight is 1370 g/mol. The lowest BCUT2D eigenvalue weighted by Gasteiger charge is -2.35. The summed E-state index contributed by atoms with van der Waals surface area (Å²) in [5.41, 5.74) is -0.0226. The number of amides is 7. The third kappa shape index (κ3) is 20.8. The highest BCUT2D eigenvalue weighted by molar-refractivity contribution is 8.00. The van der Waals surface area contributed by atoms with Gasteiger partial charge in [-0.25, -0.2) is 0 Å². The lowest BCUT2D eigenvalue weighted by molar-refractivity contribution is -0.144. The van der Waals surface area contributed by atoms with Gasteiger partial charge < -0.3 is 47.4 Å². The Hall–Kier alpha value is -1.48. The molecule has 472 valence electrons. The molecule has 29 heteroatoms. The molecule has 3 aliphatic heterocycles. The molecule has 2 aromatic carbocycles. The first-order valence-corrected chi connectivity index (χ1v) is 27.7. The van der Waals surface area contributed by atoms with Crippen molar-refractivity contribution in [1.29, 1.82) is 0 Å². The summed E-state index contributed by atoms with van der Waals surface area (Å²) in [6.07, 6.45) is 4.25. The van der Waals surface area contributed by atoms with Gasteiger partial charge in [0.1, 0.15) is 24.2 Å². The van der Waals surface area contributed by atoms with Crippen molar-refractivity contribution in [1.82, 2.24) is 47.4 Å². The van der Waals surface area contributed by atoms with Crippen LogP contribution in [0.15, 0.2) is 60.7 Å². The van der Waals surface area contributed by atoms with Crippen molar-refractivity contribution >= 4 is 206 Å². The topological polar surface area (TPSA) is 236 Å². The monoisotopic (exact) mass is 1370 g/mol. The van der Waals surface area contributed by atoms with Gasteiger partial charge in [-0.3, -0.25) is 38.4 Å². The number of rotatable bonds is 16. The highest BCUT2D eigenvalue weighted by Crippen LogP contribution is 2.53. The Morgan fingerprint density at radius 2 is 0.939 bits per heavy atom. The van der Waals surface area contributed by atoms with Gasteiger partial charge >= 0.3 is 0 Å². The Kier molecular flexibility index (Phi) is 41.1. The molecule has 11 atom stereocenters. The van der Waals surface area contributed by atoms with E-state index in [2.05, 4.69) is 42.5 Å². The maximum Gasteiger partial charge on any atom is 0.247 e. The van der Waals surface area contributed by atoms with Crippen molar-refractivity contribution in [2.45, 2.75) is 158 Å². The number of nitrogens with zero attached hydrogens (tertiary/aromatic N) is 1. The number of hydrogen-bond donors (Lipinski definition) is 8. The number of nitrogens with one attached hydrogen (secondary N) is 8. The van der Waals surface area contributed by atoms with Crippen LogP contribution in [0.25, 0.3) is 0 Å². The van der Waals surface area contributed by atoms with E-state index >= 15 is 0 Å². The largest absolute Gasteiger partial charge is 0.351 e. The number of Topliss-reactive ketones (excluding diaryl/α,β-unsaturated/α-hetero) is 1. The first-order chi connectivity index (χ1) is 34.2. The van der Waals surface area contributed by atoms with Crippen LogP contribution in [-0.4, -0.2) is 131 Å². The van der Waals surface area contributed by atoms with Crippen LogP contribution in [0.4, 0.5) is 0 Å². The van der Waals surface area contributed by atoms with E-state index in [1.165, 1.54) is 0 Å². The summed E-state index contributed by atoms with van der Waals surface area (Å²) in [4.78, 5) is 114. The van der Waals surface area contributed by atoms with Crippen LogP contribution in [0, 0.1) is 22.7 Å². The zero-order valence-electron chi connectivity index (χ0n) is 47.9. The second-order valence-corrected chi connectivity index (χ2v) is 24.3. The Labute approximate surface area is 564 Å². The van der Waals surface area contributed by atoms with E-state index in [9.17, 15) is 38.4 Å². The molecule has 2 saturated carbocycles. The molecule has 3 saturated heterocycles. The number of benzene rings is 2. The van der Waals surface area contributed by atoms with E-state index < -0.39 is 76.8 Å². The minimum absolute atomic E-state index is 0. The number of fused-ring (bicyclic) bond motifs is 2. The van der Waals surface area contributed by atoms with Crippen LogP contribution < -0.4 is 42.5 Å². The van der Waals surface area contributed by atoms with Gasteiger partial charge in [-0.1, -0.05) is 88.4 Å². The summed E-state index contributed by atoms with van der Waals surface area (Å²) in [6.45, 7) is 11.3. The summed E-state index contributed by atoms with van der Waals surface area (Å²) in [6, 6.07) is 12.0. The Balaban J connectivity index is -0.00000304. The number of hydrogen-bond acceptors (Lipinski definition) is 12. The Morgan fingerprint density at radius 1 is 0.524 bits per heavy atom. The number of likely N-dealkylation sites (N-methyl/N-ethyl adjacent to an activating group) is 2. The maximum absolute atomic E-state index is 14.6. The van der Waals surface area contributed by atoms with Crippen LogP contribution in [0.5, 0.6) is 0 Å². The molecule has 5 fully saturated rings. The highest BCUT2D eigenvalue weighted by atomic mass is 32.2. The molecule has 17 nitrogen and oxygen atoms in total. The number of carbonyl (C=O) groups is 8. The lowest BCUT2D eigenvalue weighted by Crippen LogP contribution is -2.59. The highest BCUT2D eigenvalue weighted by Gasteiger charge is 2.58.